The molecule has 0 aromatic heterocycles. The van der Waals surface area contributed by atoms with Gasteiger partial charge in [0, 0.05) is 6.61 Å². The lowest BCUT2D eigenvalue weighted by Crippen LogP contribution is -2.01. The van der Waals surface area contributed by atoms with Gasteiger partial charge in [-0.1, -0.05) is 54.6 Å². The number of hydrogen-bond donors (Lipinski definition) is 0. The lowest BCUT2D eigenvalue weighted by molar-refractivity contribution is 0.148. The average Bonchev–Trinajstić information content (AvgIpc) is 2.46. The molecule has 0 amide bonds. The highest BCUT2D eigenvalue weighted by Gasteiger charge is 2.07. The van der Waals surface area contributed by atoms with Crippen molar-refractivity contribution < 1.29 is 4.74 Å². The first-order valence-corrected chi connectivity index (χ1v) is 6.62. The highest BCUT2D eigenvalue weighted by molar-refractivity contribution is 6.20. The van der Waals surface area contributed by atoms with Crippen LogP contribution in [0.3, 0.4) is 0 Å². The van der Waals surface area contributed by atoms with Gasteiger partial charge in [0.15, 0.2) is 0 Å². The summed E-state index contributed by atoms with van der Waals surface area (Å²) < 4.78 is 5.33. The molecule has 0 saturated heterocycles. The fraction of sp³-hybridized carbons (Fsp3) is 0.250. The molecule has 18 heavy (non-hydrogen) atoms. The van der Waals surface area contributed by atoms with Crippen molar-refractivity contribution in [2.75, 3.05) is 13.2 Å². The minimum Gasteiger partial charge on any atom is -0.380 e. The van der Waals surface area contributed by atoms with E-state index in [-0.39, 0.29) is 5.38 Å². The van der Waals surface area contributed by atoms with Gasteiger partial charge < -0.3 is 4.74 Å². The minimum atomic E-state index is -0.0743. The van der Waals surface area contributed by atoms with Crippen molar-refractivity contribution >= 4 is 11.6 Å². The second-order valence-electron chi connectivity index (χ2n) is 4.12. The Balaban J connectivity index is 2.10. The van der Waals surface area contributed by atoms with Crippen LogP contribution in [0.15, 0.2) is 54.6 Å². The van der Waals surface area contributed by atoms with Crippen LogP contribution in [0.5, 0.6) is 0 Å². The molecule has 0 radical (unpaired) electrons. The third-order valence-corrected chi connectivity index (χ3v) is 3.23. The normalized spacial score (nSPS) is 12.3. The summed E-state index contributed by atoms with van der Waals surface area (Å²) in [5, 5.41) is -0.0743. The molecule has 0 aliphatic rings. The molecular formula is C16H17ClO. The van der Waals surface area contributed by atoms with Crippen molar-refractivity contribution in [3.63, 3.8) is 0 Å². The molecule has 2 aromatic rings. The zero-order valence-electron chi connectivity index (χ0n) is 10.5. The summed E-state index contributed by atoms with van der Waals surface area (Å²) in [4.78, 5) is 0. The molecule has 0 aliphatic carbocycles. The number of alkyl halides is 1. The van der Waals surface area contributed by atoms with E-state index in [4.69, 9.17) is 16.3 Å². The average molecular weight is 261 g/mol. The summed E-state index contributed by atoms with van der Waals surface area (Å²) >= 11 is 6.26. The number of halogens is 1. The van der Waals surface area contributed by atoms with Crippen LogP contribution in [0.4, 0.5) is 0 Å². The fourth-order valence-corrected chi connectivity index (χ4v) is 2.07. The molecule has 1 atom stereocenters. The molecule has 0 heterocycles. The highest BCUT2D eigenvalue weighted by Crippen LogP contribution is 2.25. The maximum absolute atomic E-state index is 6.26. The van der Waals surface area contributed by atoms with Crippen molar-refractivity contribution in [3.05, 3.63) is 60.2 Å². The van der Waals surface area contributed by atoms with E-state index in [1.54, 1.807) is 0 Å². The molecule has 94 valence electrons. The van der Waals surface area contributed by atoms with Crippen LogP contribution in [-0.4, -0.2) is 13.2 Å². The topological polar surface area (TPSA) is 9.23 Å². The molecule has 2 aromatic carbocycles. The van der Waals surface area contributed by atoms with Crippen LogP contribution in [0, 0.1) is 0 Å². The van der Waals surface area contributed by atoms with Crippen molar-refractivity contribution in [3.8, 4) is 11.1 Å². The highest BCUT2D eigenvalue weighted by atomic mass is 35.5. The maximum Gasteiger partial charge on any atom is 0.0819 e. The standard InChI is InChI=1S/C16H17ClO/c1-2-18-12-16(17)15-10-8-14(9-11-15)13-6-4-3-5-7-13/h3-11,16H,2,12H2,1H3. The van der Waals surface area contributed by atoms with Gasteiger partial charge >= 0.3 is 0 Å². The smallest absolute Gasteiger partial charge is 0.0819 e. The van der Waals surface area contributed by atoms with Gasteiger partial charge in [-0.15, -0.1) is 11.6 Å². The predicted octanol–water partition coefficient (Wildman–Crippen LogP) is 4.67. The fourth-order valence-electron chi connectivity index (χ4n) is 1.83. The molecule has 2 heteroatoms. The van der Waals surface area contributed by atoms with Crippen LogP contribution in [0.25, 0.3) is 11.1 Å². The predicted molar refractivity (Wildman–Crippen MR) is 77.0 cm³/mol. The quantitative estimate of drug-likeness (QED) is 0.710. The minimum absolute atomic E-state index is 0.0743. The number of ether oxygens (including phenoxy) is 1. The van der Waals surface area contributed by atoms with E-state index in [2.05, 4.69) is 36.4 Å². The van der Waals surface area contributed by atoms with Crippen LogP contribution in [-0.2, 0) is 4.74 Å². The molecular weight excluding hydrogens is 244 g/mol. The first kappa shape index (κ1) is 13.1. The largest absolute Gasteiger partial charge is 0.380 e. The number of rotatable bonds is 5. The Kier molecular flexibility index (Phi) is 4.80. The van der Waals surface area contributed by atoms with E-state index in [1.807, 2.05) is 25.1 Å². The van der Waals surface area contributed by atoms with Crippen molar-refractivity contribution in [1.82, 2.24) is 0 Å². The molecule has 0 fully saturated rings. The molecule has 1 unspecified atom stereocenters. The summed E-state index contributed by atoms with van der Waals surface area (Å²) in [7, 11) is 0. The van der Waals surface area contributed by atoms with Gasteiger partial charge in [-0.3, -0.25) is 0 Å². The van der Waals surface area contributed by atoms with Gasteiger partial charge in [0.2, 0.25) is 0 Å². The first-order chi connectivity index (χ1) is 8.81. The molecule has 0 spiro atoms. The Morgan fingerprint density at radius 2 is 1.56 bits per heavy atom. The number of benzene rings is 2. The second kappa shape index (κ2) is 6.58. The van der Waals surface area contributed by atoms with Gasteiger partial charge in [0.25, 0.3) is 0 Å². The van der Waals surface area contributed by atoms with Gasteiger partial charge in [-0.25, -0.2) is 0 Å². The van der Waals surface area contributed by atoms with E-state index in [0.717, 1.165) is 5.56 Å². The van der Waals surface area contributed by atoms with E-state index in [0.29, 0.717) is 13.2 Å². The van der Waals surface area contributed by atoms with Gasteiger partial charge in [-0.2, -0.15) is 0 Å². The number of hydrogen-bond acceptors (Lipinski definition) is 1. The van der Waals surface area contributed by atoms with Crippen molar-refractivity contribution in [2.45, 2.75) is 12.3 Å². The lowest BCUT2D eigenvalue weighted by Gasteiger charge is -2.10. The van der Waals surface area contributed by atoms with Crippen LogP contribution >= 0.6 is 11.6 Å². The summed E-state index contributed by atoms with van der Waals surface area (Å²) in [6.45, 7) is 3.23. The molecule has 0 saturated carbocycles. The van der Waals surface area contributed by atoms with Crippen molar-refractivity contribution in [2.24, 2.45) is 0 Å². The third-order valence-electron chi connectivity index (χ3n) is 2.85. The summed E-state index contributed by atoms with van der Waals surface area (Å²) in [6, 6.07) is 18.7. The van der Waals surface area contributed by atoms with Gasteiger partial charge in [-0.05, 0) is 23.6 Å². The first-order valence-electron chi connectivity index (χ1n) is 6.18. The molecule has 0 N–H and O–H groups in total. The van der Waals surface area contributed by atoms with E-state index in [9.17, 15) is 0 Å². The SMILES string of the molecule is CCOCC(Cl)c1ccc(-c2ccccc2)cc1. The lowest BCUT2D eigenvalue weighted by atomic mass is 10.0. The van der Waals surface area contributed by atoms with Gasteiger partial charge in [0.1, 0.15) is 0 Å². The molecule has 0 aliphatic heterocycles. The molecule has 2 rings (SSSR count). The third kappa shape index (κ3) is 3.34. The summed E-state index contributed by atoms with van der Waals surface area (Å²) in [6.07, 6.45) is 0. The zero-order chi connectivity index (χ0) is 12.8. The molecule has 1 nitrogen and oxygen atoms in total. The van der Waals surface area contributed by atoms with Crippen LogP contribution in [0.1, 0.15) is 17.9 Å². The van der Waals surface area contributed by atoms with E-state index < -0.39 is 0 Å². The Bertz CT molecular complexity index is 464. The van der Waals surface area contributed by atoms with Crippen molar-refractivity contribution in [1.29, 1.82) is 0 Å². The Morgan fingerprint density at radius 3 is 2.17 bits per heavy atom. The second-order valence-corrected chi connectivity index (χ2v) is 4.64. The monoisotopic (exact) mass is 260 g/mol. The van der Waals surface area contributed by atoms with Crippen LogP contribution < -0.4 is 0 Å². The Hall–Kier alpha value is -1.31. The van der Waals surface area contributed by atoms with E-state index in [1.165, 1.54) is 11.1 Å². The van der Waals surface area contributed by atoms with E-state index >= 15 is 0 Å². The van der Waals surface area contributed by atoms with Crippen LogP contribution in [0.2, 0.25) is 0 Å². The Labute approximate surface area is 113 Å². The molecule has 0 bridgehead atoms. The summed E-state index contributed by atoms with van der Waals surface area (Å²) in [5.74, 6) is 0. The van der Waals surface area contributed by atoms with Gasteiger partial charge in [0.05, 0.1) is 12.0 Å². The zero-order valence-corrected chi connectivity index (χ0v) is 11.2. The summed E-state index contributed by atoms with van der Waals surface area (Å²) in [5.41, 5.74) is 3.53. The Morgan fingerprint density at radius 1 is 0.944 bits per heavy atom. The maximum atomic E-state index is 6.26.